The smallest absolute Gasteiger partial charge is 0.329 e. The molecule has 8 heavy (non-hydrogen) atoms. The van der Waals surface area contributed by atoms with Crippen LogP contribution >= 0.6 is 0 Å². The molecule has 0 aromatic rings. The Bertz CT molecular complexity index is 90.4. The number of amides is 1. The van der Waals surface area contributed by atoms with Crippen molar-refractivity contribution in [2.45, 2.75) is 0 Å². The second-order valence-electron chi connectivity index (χ2n) is 1.25. The molecule has 0 fully saturated rings. The summed E-state index contributed by atoms with van der Waals surface area (Å²) in [5, 5.41) is 2.44. The predicted octanol–water partition coefficient (Wildman–Crippen LogP) is -0.950. The van der Waals surface area contributed by atoms with Crippen LogP contribution in [0.2, 0.25) is 0 Å². The molecule has 44 valence electrons. The van der Waals surface area contributed by atoms with Gasteiger partial charge in [0.15, 0.2) is 0 Å². The van der Waals surface area contributed by atoms with Crippen molar-refractivity contribution in [3.63, 3.8) is 0 Å². The molecule has 0 spiro atoms. The highest BCUT2D eigenvalue weighted by atomic mass is 16.1. The summed E-state index contributed by atoms with van der Waals surface area (Å²) in [4.78, 5) is 10.2. The van der Waals surface area contributed by atoms with Gasteiger partial charge in [0.2, 0.25) is 6.08 Å². The van der Waals surface area contributed by atoms with Gasteiger partial charge in [-0.05, 0) is 0 Å². The molecule has 0 aromatic carbocycles. The van der Waals surface area contributed by atoms with Crippen molar-refractivity contribution in [1.82, 2.24) is 5.32 Å². The van der Waals surface area contributed by atoms with Crippen molar-refractivity contribution >= 4 is 5.91 Å². The van der Waals surface area contributed by atoms with E-state index in [9.17, 15) is 4.79 Å². The molecule has 0 aliphatic carbocycles. The first kappa shape index (κ1) is 7.08. The Morgan fingerprint density at radius 2 is 2.50 bits per heavy atom. The van der Waals surface area contributed by atoms with E-state index in [1.165, 1.54) is 0 Å². The summed E-state index contributed by atoms with van der Waals surface area (Å²) in [7, 11) is 0. The lowest BCUT2D eigenvalue weighted by Gasteiger charge is -1.87. The van der Waals surface area contributed by atoms with E-state index in [1.54, 1.807) is 0 Å². The third-order valence-electron chi connectivity index (χ3n) is 0.595. The average molecular weight is 113 g/mol. The molecule has 0 rings (SSSR count). The highest BCUT2D eigenvalue weighted by molar-refractivity contribution is 5.86. The molecule has 0 heterocycles. The Kier molecular flexibility index (Phi) is 3.76. The molecule has 0 aromatic heterocycles. The van der Waals surface area contributed by atoms with Gasteiger partial charge in [0.1, 0.15) is 0 Å². The molecule has 0 atom stereocenters. The lowest BCUT2D eigenvalue weighted by Crippen LogP contribution is -2.27. The van der Waals surface area contributed by atoms with E-state index >= 15 is 0 Å². The van der Waals surface area contributed by atoms with E-state index in [0.29, 0.717) is 13.1 Å². The Balaban J connectivity index is 3.11. The maximum atomic E-state index is 10.2. The third kappa shape index (κ3) is 3.28. The SMILES string of the molecule is [CH+]=CC(=O)NCCN. The number of hydrogen-bond acceptors (Lipinski definition) is 2. The zero-order chi connectivity index (χ0) is 6.41. The predicted molar refractivity (Wildman–Crippen MR) is 30.9 cm³/mol. The van der Waals surface area contributed by atoms with Gasteiger partial charge >= 0.3 is 5.91 Å². The highest BCUT2D eigenvalue weighted by Gasteiger charge is 1.98. The van der Waals surface area contributed by atoms with Gasteiger partial charge in [0, 0.05) is 6.54 Å². The second-order valence-corrected chi connectivity index (χ2v) is 1.25. The van der Waals surface area contributed by atoms with Crippen LogP contribution in [0.5, 0.6) is 0 Å². The van der Waals surface area contributed by atoms with Crippen LogP contribution in [-0.2, 0) is 4.79 Å². The van der Waals surface area contributed by atoms with Crippen LogP contribution in [0.1, 0.15) is 0 Å². The number of hydrogen-bond donors (Lipinski definition) is 2. The summed E-state index contributed by atoms with van der Waals surface area (Å²) < 4.78 is 0. The molecule has 0 saturated carbocycles. The fourth-order valence-electron chi connectivity index (χ4n) is 0.254. The second kappa shape index (κ2) is 4.24. The minimum atomic E-state index is -0.282. The molecule has 0 aliphatic heterocycles. The molecular formula is C5H9N2O+. The fraction of sp³-hybridized carbons (Fsp3) is 0.400. The molecule has 3 heteroatoms. The van der Waals surface area contributed by atoms with E-state index in [4.69, 9.17) is 12.3 Å². The van der Waals surface area contributed by atoms with Gasteiger partial charge < -0.3 is 5.73 Å². The first-order valence-corrected chi connectivity index (χ1v) is 2.34. The lowest BCUT2D eigenvalue weighted by atomic mass is 10.5. The summed E-state index contributed by atoms with van der Waals surface area (Å²) in [5.41, 5.74) is 5.06. The van der Waals surface area contributed by atoms with Gasteiger partial charge in [-0.2, -0.15) is 0 Å². The number of nitrogens with two attached hydrogens (primary N) is 1. The number of nitrogens with one attached hydrogen (secondary N) is 1. The van der Waals surface area contributed by atoms with Crippen LogP contribution in [0.4, 0.5) is 0 Å². The van der Waals surface area contributed by atoms with Gasteiger partial charge in [-0.3, -0.25) is 5.32 Å². The van der Waals surface area contributed by atoms with Crippen molar-refractivity contribution in [3.05, 3.63) is 12.7 Å². The van der Waals surface area contributed by atoms with Crippen molar-refractivity contribution in [3.8, 4) is 0 Å². The standard InChI is InChI=1S/C5H8N2O/c1-2-5(8)7-4-3-6/h1-2H,3-4,6H2/p+1. The van der Waals surface area contributed by atoms with Gasteiger partial charge in [-0.1, -0.05) is 0 Å². The third-order valence-corrected chi connectivity index (χ3v) is 0.595. The van der Waals surface area contributed by atoms with E-state index < -0.39 is 0 Å². The van der Waals surface area contributed by atoms with Crippen LogP contribution in [0.25, 0.3) is 0 Å². The zero-order valence-electron chi connectivity index (χ0n) is 4.55. The number of carbonyl (C=O) groups is 1. The van der Waals surface area contributed by atoms with Gasteiger partial charge in [0.25, 0.3) is 0 Å². The van der Waals surface area contributed by atoms with Crippen LogP contribution < -0.4 is 11.1 Å². The summed E-state index contributed by atoms with van der Waals surface area (Å²) in [6.07, 6.45) is 0.968. The topological polar surface area (TPSA) is 55.1 Å². The van der Waals surface area contributed by atoms with E-state index in [-0.39, 0.29) is 5.91 Å². The monoisotopic (exact) mass is 113 g/mol. The van der Waals surface area contributed by atoms with Crippen molar-refractivity contribution in [2.24, 2.45) is 5.73 Å². The lowest BCUT2D eigenvalue weighted by molar-refractivity contribution is -0.116. The van der Waals surface area contributed by atoms with Crippen molar-refractivity contribution < 1.29 is 4.79 Å². The molecular weight excluding hydrogens is 104 g/mol. The van der Waals surface area contributed by atoms with E-state index in [1.807, 2.05) is 0 Å². The molecule has 3 nitrogen and oxygen atoms in total. The Labute approximate surface area is 48.6 Å². The Hall–Kier alpha value is -0.920. The maximum absolute atomic E-state index is 10.2. The van der Waals surface area contributed by atoms with E-state index in [0.717, 1.165) is 6.08 Å². The Morgan fingerprint density at radius 3 is 2.88 bits per heavy atom. The normalized spacial score (nSPS) is 8.00. The molecule has 0 radical (unpaired) electrons. The Morgan fingerprint density at radius 1 is 1.88 bits per heavy atom. The fourth-order valence-corrected chi connectivity index (χ4v) is 0.254. The minimum absolute atomic E-state index is 0.282. The van der Waals surface area contributed by atoms with Crippen molar-refractivity contribution in [1.29, 1.82) is 0 Å². The average Bonchev–Trinajstić information content (AvgIpc) is 1.83. The van der Waals surface area contributed by atoms with Gasteiger partial charge in [-0.15, -0.1) is 4.79 Å². The number of carbonyl (C=O) groups excluding carboxylic acids is 1. The van der Waals surface area contributed by atoms with Crippen LogP contribution in [-0.4, -0.2) is 19.0 Å². The quantitative estimate of drug-likeness (QED) is 0.366. The molecule has 0 aliphatic rings. The van der Waals surface area contributed by atoms with Gasteiger partial charge in [0.05, 0.1) is 13.1 Å². The minimum Gasteiger partial charge on any atom is -0.329 e. The van der Waals surface area contributed by atoms with Crippen molar-refractivity contribution in [2.75, 3.05) is 13.1 Å². The molecule has 3 N–H and O–H groups in total. The highest BCUT2D eigenvalue weighted by Crippen LogP contribution is 1.61. The first-order valence-electron chi connectivity index (χ1n) is 2.34. The summed E-state index contributed by atoms with van der Waals surface area (Å²) in [5.74, 6) is -0.282. The molecule has 1 amide bonds. The summed E-state index contributed by atoms with van der Waals surface area (Å²) in [6, 6.07) is 0. The van der Waals surface area contributed by atoms with Crippen LogP contribution in [0.15, 0.2) is 6.08 Å². The molecule has 0 bridgehead atoms. The zero-order valence-corrected chi connectivity index (χ0v) is 4.55. The number of rotatable bonds is 3. The largest absolute Gasteiger partial charge is 0.395 e. The molecule has 0 unspecified atom stereocenters. The van der Waals surface area contributed by atoms with Crippen LogP contribution in [0.3, 0.4) is 0 Å². The van der Waals surface area contributed by atoms with Gasteiger partial charge in [-0.25, -0.2) is 0 Å². The van der Waals surface area contributed by atoms with E-state index in [2.05, 4.69) is 5.32 Å². The first-order chi connectivity index (χ1) is 3.81. The summed E-state index contributed by atoms with van der Waals surface area (Å²) in [6.45, 7) is 5.76. The molecule has 0 saturated heterocycles. The summed E-state index contributed by atoms with van der Waals surface area (Å²) >= 11 is 0. The maximum Gasteiger partial charge on any atom is 0.395 e. The van der Waals surface area contributed by atoms with Crippen LogP contribution in [0, 0.1) is 6.58 Å².